The van der Waals surface area contributed by atoms with Gasteiger partial charge in [-0.25, -0.2) is 9.18 Å². The molecule has 0 bridgehead atoms. The molecule has 0 aliphatic carbocycles. The van der Waals surface area contributed by atoms with Crippen LogP contribution in [0.2, 0.25) is 5.02 Å². The first-order chi connectivity index (χ1) is 17.3. The molecule has 1 aromatic heterocycles. The van der Waals surface area contributed by atoms with Gasteiger partial charge >= 0.3 is 6.03 Å². The van der Waals surface area contributed by atoms with Gasteiger partial charge in [0.05, 0.1) is 18.2 Å². The van der Waals surface area contributed by atoms with Crippen LogP contribution in [0.15, 0.2) is 36.4 Å². The fourth-order valence-corrected chi connectivity index (χ4v) is 5.98. The number of carbonyl (C=O) groups excluding carboxylic acids is 2. The number of aromatic hydroxyl groups is 1. The lowest BCUT2D eigenvalue weighted by Gasteiger charge is -2.42. The SMILES string of the molecule is CC12Cc3c([nH]c4cc(F)c(Cl)cc34)C(c3cccc(O)c3)N1C(=O)N(CCN1CCOCC1)C2=O. The normalized spacial score (nSPS) is 24.5. The molecule has 0 radical (unpaired) electrons. The number of morpholine rings is 1. The molecule has 36 heavy (non-hydrogen) atoms. The van der Waals surface area contributed by atoms with E-state index in [1.165, 1.54) is 11.0 Å². The number of imide groups is 1. The van der Waals surface area contributed by atoms with Crippen molar-refractivity contribution in [1.29, 1.82) is 0 Å². The van der Waals surface area contributed by atoms with Crippen LogP contribution in [-0.2, 0) is 16.0 Å². The lowest BCUT2D eigenvalue weighted by Crippen LogP contribution is -2.53. The summed E-state index contributed by atoms with van der Waals surface area (Å²) in [5.41, 5.74) is 1.54. The predicted octanol–water partition coefficient (Wildman–Crippen LogP) is 3.67. The number of rotatable bonds is 4. The number of aromatic nitrogens is 1. The fourth-order valence-electron chi connectivity index (χ4n) is 5.81. The number of urea groups is 1. The van der Waals surface area contributed by atoms with Crippen molar-refractivity contribution < 1.29 is 23.8 Å². The van der Waals surface area contributed by atoms with Crippen LogP contribution in [0, 0.1) is 5.82 Å². The lowest BCUT2D eigenvalue weighted by molar-refractivity contribution is -0.133. The summed E-state index contributed by atoms with van der Waals surface area (Å²) in [6, 6.07) is 8.51. The van der Waals surface area contributed by atoms with Gasteiger partial charge in [0.25, 0.3) is 5.91 Å². The minimum Gasteiger partial charge on any atom is -0.508 e. The van der Waals surface area contributed by atoms with E-state index in [0.717, 1.165) is 24.0 Å². The number of ether oxygens (including phenoxy) is 1. The van der Waals surface area contributed by atoms with Gasteiger partial charge < -0.3 is 14.8 Å². The first kappa shape index (κ1) is 23.3. The number of hydrogen-bond donors (Lipinski definition) is 2. The largest absolute Gasteiger partial charge is 0.508 e. The minimum atomic E-state index is -1.15. The van der Waals surface area contributed by atoms with Crippen LogP contribution in [-0.4, -0.2) is 81.7 Å². The topological polar surface area (TPSA) is 89.1 Å². The Morgan fingerprint density at radius 3 is 2.72 bits per heavy atom. The number of phenols is 1. The summed E-state index contributed by atoms with van der Waals surface area (Å²) in [5, 5.41) is 10.9. The maximum atomic E-state index is 14.3. The molecule has 4 heterocycles. The van der Waals surface area contributed by atoms with Crippen LogP contribution >= 0.6 is 11.6 Å². The molecular weight excluding hydrogens is 487 g/mol. The van der Waals surface area contributed by atoms with Gasteiger partial charge in [-0.1, -0.05) is 23.7 Å². The Kier molecular flexibility index (Phi) is 5.47. The maximum Gasteiger partial charge on any atom is 0.328 e. The fraction of sp³-hybridized carbons (Fsp3) is 0.385. The molecule has 6 rings (SSSR count). The standard InChI is InChI=1S/C26H26ClFN4O4/c1-26-14-18-17-12-19(27)20(28)13-21(17)29-22(18)23(15-3-2-4-16(33)11-15)32(26)25(35)31(24(26)34)6-5-30-7-9-36-10-8-30/h2-4,11-13,23,29,33H,5-10,14H2,1H3. The third kappa shape index (κ3) is 3.48. The Bertz CT molecular complexity index is 1390. The summed E-state index contributed by atoms with van der Waals surface area (Å²) in [4.78, 5) is 36.1. The van der Waals surface area contributed by atoms with Crippen molar-refractivity contribution in [3.05, 3.63) is 64.1 Å². The molecule has 2 N–H and O–H groups in total. The number of phenolic OH excluding ortho intramolecular Hbond substituents is 1. The molecule has 188 valence electrons. The molecule has 3 aromatic rings. The molecule has 0 spiro atoms. The van der Waals surface area contributed by atoms with Crippen LogP contribution in [0.1, 0.15) is 29.8 Å². The molecule has 10 heteroatoms. The number of amides is 3. The highest BCUT2D eigenvalue weighted by Gasteiger charge is 2.60. The number of aromatic amines is 1. The van der Waals surface area contributed by atoms with Crippen molar-refractivity contribution in [2.45, 2.75) is 24.9 Å². The molecule has 3 aliphatic rings. The van der Waals surface area contributed by atoms with Gasteiger partial charge in [0.1, 0.15) is 23.1 Å². The molecule has 3 amide bonds. The van der Waals surface area contributed by atoms with Crippen molar-refractivity contribution in [3.63, 3.8) is 0 Å². The van der Waals surface area contributed by atoms with E-state index in [9.17, 15) is 19.1 Å². The first-order valence-corrected chi connectivity index (χ1v) is 12.4. The molecule has 2 fully saturated rings. The van der Waals surface area contributed by atoms with Gasteiger partial charge in [0.15, 0.2) is 0 Å². The summed E-state index contributed by atoms with van der Waals surface area (Å²) in [7, 11) is 0. The van der Waals surface area contributed by atoms with Gasteiger partial charge in [-0.15, -0.1) is 0 Å². The quantitative estimate of drug-likeness (QED) is 0.521. The molecule has 8 nitrogen and oxygen atoms in total. The molecule has 2 saturated heterocycles. The Morgan fingerprint density at radius 2 is 1.97 bits per heavy atom. The zero-order valence-electron chi connectivity index (χ0n) is 19.8. The van der Waals surface area contributed by atoms with E-state index in [4.69, 9.17) is 16.3 Å². The maximum absolute atomic E-state index is 14.3. The zero-order valence-corrected chi connectivity index (χ0v) is 20.5. The summed E-state index contributed by atoms with van der Waals surface area (Å²) in [5.74, 6) is -0.766. The molecule has 2 aromatic carbocycles. The third-order valence-corrected chi connectivity index (χ3v) is 7.93. The van der Waals surface area contributed by atoms with Crippen LogP contribution in [0.5, 0.6) is 5.75 Å². The van der Waals surface area contributed by atoms with Gasteiger partial charge in [-0.05, 0) is 42.3 Å². The number of nitrogens with zero attached hydrogens (tertiary/aromatic N) is 3. The number of fused-ring (bicyclic) bond motifs is 4. The van der Waals surface area contributed by atoms with E-state index in [1.807, 2.05) is 6.07 Å². The Morgan fingerprint density at radius 1 is 1.19 bits per heavy atom. The Labute approximate surface area is 212 Å². The second kappa shape index (κ2) is 8.47. The summed E-state index contributed by atoms with van der Waals surface area (Å²) in [6.07, 6.45) is 0.262. The highest BCUT2D eigenvalue weighted by molar-refractivity contribution is 6.31. The van der Waals surface area contributed by atoms with Crippen molar-refractivity contribution in [1.82, 2.24) is 19.7 Å². The van der Waals surface area contributed by atoms with Gasteiger partial charge in [0.2, 0.25) is 0 Å². The van der Waals surface area contributed by atoms with Crippen molar-refractivity contribution in [2.24, 2.45) is 0 Å². The second-order valence-corrected chi connectivity index (χ2v) is 10.2. The predicted molar refractivity (Wildman–Crippen MR) is 132 cm³/mol. The van der Waals surface area contributed by atoms with E-state index in [0.29, 0.717) is 36.5 Å². The van der Waals surface area contributed by atoms with Crippen LogP contribution < -0.4 is 0 Å². The molecule has 2 atom stereocenters. The molecule has 2 unspecified atom stereocenters. The monoisotopic (exact) mass is 512 g/mol. The van der Waals surface area contributed by atoms with Crippen molar-refractivity contribution >= 4 is 34.4 Å². The van der Waals surface area contributed by atoms with Crippen molar-refractivity contribution in [2.75, 3.05) is 39.4 Å². The number of nitrogens with one attached hydrogen (secondary N) is 1. The van der Waals surface area contributed by atoms with Gasteiger partial charge in [-0.2, -0.15) is 0 Å². The minimum absolute atomic E-state index is 0.00764. The van der Waals surface area contributed by atoms with E-state index in [1.54, 1.807) is 36.1 Å². The summed E-state index contributed by atoms with van der Waals surface area (Å²) < 4.78 is 19.7. The molecule has 0 saturated carbocycles. The highest BCUT2D eigenvalue weighted by Crippen LogP contribution is 2.49. The zero-order chi connectivity index (χ0) is 25.2. The average molecular weight is 513 g/mol. The third-order valence-electron chi connectivity index (χ3n) is 7.64. The van der Waals surface area contributed by atoms with Crippen molar-refractivity contribution in [3.8, 4) is 5.75 Å². The average Bonchev–Trinajstić information content (AvgIpc) is 3.28. The highest BCUT2D eigenvalue weighted by atomic mass is 35.5. The van der Waals surface area contributed by atoms with E-state index in [2.05, 4.69) is 9.88 Å². The number of benzene rings is 2. The molecule has 3 aliphatic heterocycles. The van der Waals surface area contributed by atoms with E-state index >= 15 is 0 Å². The second-order valence-electron chi connectivity index (χ2n) is 9.84. The number of halogens is 2. The van der Waals surface area contributed by atoms with Gasteiger partial charge in [-0.3, -0.25) is 19.5 Å². The first-order valence-electron chi connectivity index (χ1n) is 12.0. The Balaban J connectivity index is 1.46. The van der Waals surface area contributed by atoms with Crippen LogP contribution in [0.4, 0.5) is 9.18 Å². The Hall–Kier alpha value is -3.14. The number of hydrogen-bond acceptors (Lipinski definition) is 5. The van der Waals surface area contributed by atoms with Gasteiger partial charge in [0, 0.05) is 49.2 Å². The summed E-state index contributed by atoms with van der Waals surface area (Å²) >= 11 is 6.12. The number of H-pyrrole nitrogens is 1. The van der Waals surface area contributed by atoms with Crippen LogP contribution in [0.25, 0.3) is 10.9 Å². The van der Waals surface area contributed by atoms with E-state index < -0.39 is 17.4 Å². The smallest absolute Gasteiger partial charge is 0.328 e. The summed E-state index contributed by atoms with van der Waals surface area (Å²) in [6.45, 7) is 5.43. The van der Waals surface area contributed by atoms with E-state index in [-0.39, 0.29) is 35.7 Å². The lowest BCUT2D eigenvalue weighted by atomic mass is 9.81. The molecular formula is C26H26ClFN4O4. The number of carbonyl (C=O) groups is 2. The van der Waals surface area contributed by atoms with Crippen LogP contribution in [0.3, 0.4) is 0 Å².